The normalized spacial score (nSPS) is 14.1. The third-order valence-corrected chi connectivity index (χ3v) is 5.55. The van der Waals surface area contributed by atoms with Crippen LogP contribution in [0.3, 0.4) is 0 Å². The maximum atomic E-state index is 13.3. The Morgan fingerprint density at radius 3 is 2.29 bits per heavy atom. The predicted molar refractivity (Wildman–Crippen MR) is 121 cm³/mol. The van der Waals surface area contributed by atoms with Crippen LogP contribution in [0.5, 0.6) is 0 Å². The number of halogens is 4. The fraction of sp³-hybridized carbons (Fsp3) is 0.217. The monoisotopic (exact) mass is 489 g/mol. The van der Waals surface area contributed by atoms with Gasteiger partial charge in [0.25, 0.3) is 11.8 Å². The first-order valence-electron chi connectivity index (χ1n) is 10.3. The molecule has 1 aliphatic rings. The highest BCUT2D eigenvalue weighted by Gasteiger charge is 2.36. The molecule has 0 bridgehead atoms. The molecular weight excluding hydrogens is 471 g/mol. The van der Waals surface area contributed by atoms with Gasteiger partial charge in [0.2, 0.25) is 0 Å². The summed E-state index contributed by atoms with van der Waals surface area (Å²) in [6.45, 7) is 1.18. The largest absolute Gasteiger partial charge is 0.417 e. The van der Waals surface area contributed by atoms with E-state index >= 15 is 0 Å². The minimum atomic E-state index is -4.61. The van der Waals surface area contributed by atoms with Crippen LogP contribution in [0.4, 0.5) is 24.7 Å². The number of nitrogens with zero attached hydrogens (tertiary/aromatic N) is 4. The minimum absolute atomic E-state index is 0.112. The third kappa shape index (κ3) is 5.28. The molecule has 1 N–H and O–H groups in total. The van der Waals surface area contributed by atoms with E-state index in [1.54, 1.807) is 30.3 Å². The van der Waals surface area contributed by atoms with E-state index in [-0.39, 0.29) is 24.3 Å². The van der Waals surface area contributed by atoms with Crippen molar-refractivity contribution in [3.8, 4) is 0 Å². The highest BCUT2D eigenvalue weighted by molar-refractivity contribution is 6.30. The number of piperazine rings is 1. The molecule has 0 unspecified atom stereocenters. The summed E-state index contributed by atoms with van der Waals surface area (Å²) in [5.41, 5.74) is -0.671. The predicted octanol–water partition coefficient (Wildman–Crippen LogP) is 4.36. The van der Waals surface area contributed by atoms with E-state index in [0.717, 1.165) is 6.07 Å². The highest BCUT2D eigenvalue weighted by atomic mass is 35.5. The Morgan fingerprint density at radius 2 is 1.65 bits per heavy atom. The summed E-state index contributed by atoms with van der Waals surface area (Å²) in [5, 5.41) is 11.2. The van der Waals surface area contributed by atoms with Crippen LogP contribution in [-0.4, -0.2) is 53.1 Å². The fourth-order valence-corrected chi connectivity index (χ4v) is 3.79. The average Bonchev–Trinajstić information content (AvgIpc) is 2.83. The molecule has 0 aliphatic carbocycles. The van der Waals surface area contributed by atoms with Gasteiger partial charge in [0.1, 0.15) is 0 Å². The van der Waals surface area contributed by atoms with Crippen molar-refractivity contribution in [3.05, 3.63) is 82.5 Å². The van der Waals surface area contributed by atoms with Gasteiger partial charge in [-0.3, -0.25) is 9.59 Å². The Bertz CT molecular complexity index is 1200. The lowest BCUT2D eigenvalue weighted by Crippen LogP contribution is -2.49. The molecule has 0 atom stereocenters. The number of alkyl halides is 3. The van der Waals surface area contributed by atoms with Gasteiger partial charge in [-0.2, -0.15) is 13.2 Å². The van der Waals surface area contributed by atoms with E-state index < -0.39 is 23.6 Å². The zero-order valence-corrected chi connectivity index (χ0v) is 18.5. The van der Waals surface area contributed by atoms with E-state index in [1.807, 2.05) is 4.90 Å². The summed E-state index contributed by atoms with van der Waals surface area (Å²) < 4.78 is 39.8. The zero-order valence-electron chi connectivity index (χ0n) is 17.7. The van der Waals surface area contributed by atoms with Crippen molar-refractivity contribution in [3.63, 3.8) is 0 Å². The molecule has 7 nitrogen and oxygen atoms in total. The molecule has 0 saturated carbocycles. The Balaban J connectivity index is 1.37. The lowest BCUT2D eigenvalue weighted by molar-refractivity contribution is -0.138. The van der Waals surface area contributed by atoms with Gasteiger partial charge in [0.15, 0.2) is 11.5 Å². The number of carbonyl (C=O) groups is 2. The minimum Gasteiger partial charge on any atom is -0.352 e. The molecule has 1 aliphatic heterocycles. The summed E-state index contributed by atoms with van der Waals surface area (Å²) in [4.78, 5) is 28.3. The second kappa shape index (κ2) is 9.68. The van der Waals surface area contributed by atoms with E-state index in [0.29, 0.717) is 29.6 Å². The zero-order chi connectivity index (χ0) is 24.3. The molecule has 11 heteroatoms. The van der Waals surface area contributed by atoms with E-state index in [4.69, 9.17) is 11.6 Å². The van der Waals surface area contributed by atoms with E-state index in [2.05, 4.69) is 15.5 Å². The van der Waals surface area contributed by atoms with Crippen molar-refractivity contribution < 1.29 is 22.8 Å². The van der Waals surface area contributed by atoms with Crippen molar-refractivity contribution in [1.82, 2.24) is 15.1 Å². The summed E-state index contributed by atoms with van der Waals surface area (Å²) in [6, 6.07) is 14.6. The quantitative estimate of drug-likeness (QED) is 0.589. The number of nitrogens with one attached hydrogen (secondary N) is 1. The third-order valence-electron chi connectivity index (χ3n) is 5.32. The Labute approximate surface area is 198 Å². The second-order valence-electron chi connectivity index (χ2n) is 7.56. The molecule has 176 valence electrons. The van der Waals surface area contributed by atoms with Gasteiger partial charge in [-0.05, 0) is 42.5 Å². The van der Waals surface area contributed by atoms with Crippen LogP contribution in [0.1, 0.15) is 26.4 Å². The SMILES string of the molecule is O=C(Nc1cccc(Cl)c1)c1ccc(N2CCN(C(=O)c3ccccc3C(F)(F)F)CC2)nn1. The van der Waals surface area contributed by atoms with Crippen LogP contribution < -0.4 is 10.2 Å². The number of hydrogen-bond donors (Lipinski definition) is 1. The molecule has 2 amide bonds. The number of amides is 2. The van der Waals surface area contributed by atoms with Gasteiger partial charge < -0.3 is 15.1 Å². The van der Waals surface area contributed by atoms with Crippen molar-refractivity contribution in [2.45, 2.75) is 6.18 Å². The molecule has 1 saturated heterocycles. The van der Waals surface area contributed by atoms with E-state index in [1.165, 1.54) is 29.2 Å². The molecule has 3 aromatic rings. The van der Waals surface area contributed by atoms with Gasteiger partial charge in [-0.1, -0.05) is 29.8 Å². The van der Waals surface area contributed by atoms with Gasteiger partial charge in [-0.15, -0.1) is 10.2 Å². The van der Waals surface area contributed by atoms with Gasteiger partial charge >= 0.3 is 6.18 Å². The number of carbonyl (C=O) groups excluding carboxylic acids is 2. The lowest BCUT2D eigenvalue weighted by Gasteiger charge is -2.35. The lowest BCUT2D eigenvalue weighted by atomic mass is 10.1. The summed E-state index contributed by atoms with van der Waals surface area (Å²) in [5.74, 6) is -0.603. The maximum absolute atomic E-state index is 13.3. The fourth-order valence-electron chi connectivity index (χ4n) is 3.60. The first kappa shape index (κ1) is 23.5. The van der Waals surface area contributed by atoms with Gasteiger partial charge in [0, 0.05) is 36.9 Å². The first-order valence-corrected chi connectivity index (χ1v) is 10.7. The van der Waals surface area contributed by atoms with Gasteiger partial charge in [-0.25, -0.2) is 0 Å². The Kier molecular flexibility index (Phi) is 6.69. The van der Waals surface area contributed by atoms with Crippen molar-refractivity contribution in [1.29, 1.82) is 0 Å². The topological polar surface area (TPSA) is 78.4 Å². The van der Waals surface area contributed by atoms with Gasteiger partial charge in [0.05, 0.1) is 11.1 Å². The molecular formula is C23H19ClF3N5O2. The van der Waals surface area contributed by atoms with Crippen molar-refractivity contribution in [2.75, 3.05) is 36.4 Å². The smallest absolute Gasteiger partial charge is 0.352 e. The number of hydrogen-bond acceptors (Lipinski definition) is 5. The molecule has 2 aromatic carbocycles. The summed E-state index contributed by atoms with van der Waals surface area (Å²) in [7, 11) is 0. The molecule has 0 spiro atoms. The maximum Gasteiger partial charge on any atom is 0.417 e. The number of benzene rings is 2. The molecule has 1 aromatic heterocycles. The molecule has 4 rings (SSSR count). The van der Waals surface area contributed by atoms with Crippen LogP contribution >= 0.6 is 11.6 Å². The van der Waals surface area contributed by atoms with Crippen molar-refractivity contribution >= 4 is 34.9 Å². The van der Waals surface area contributed by atoms with Crippen LogP contribution in [0.15, 0.2) is 60.7 Å². The van der Waals surface area contributed by atoms with Crippen LogP contribution in [0, 0.1) is 0 Å². The van der Waals surface area contributed by atoms with Crippen molar-refractivity contribution in [2.24, 2.45) is 0 Å². The van der Waals surface area contributed by atoms with Crippen LogP contribution in [-0.2, 0) is 6.18 Å². The van der Waals surface area contributed by atoms with Crippen LogP contribution in [0.25, 0.3) is 0 Å². The summed E-state index contributed by atoms with van der Waals surface area (Å²) in [6.07, 6.45) is -4.61. The number of aromatic nitrogens is 2. The second-order valence-corrected chi connectivity index (χ2v) is 8.00. The Hall–Kier alpha value is -3.66. The highest BCUT2D eigenvalue weighted by Crippen LogP contribution is 2.32. The average molecular weight is 490 g/mol. The van der Waals surface area contributed by atoms with Crippen LogP contribution in [0.2, 0.25) is 5.02 Å². The number of rotatable bonds is 4. The Morgan fingerprint density at radius 1 is 0.912 bits per heavy atom. The number of anilines is 2. The summed E-state index contributed by atoms with van der Waals surface area (Å²) >= 11 is 5.91. The van der Waals surface area contributed by atoms with E-state index in [9.17, 15) is 22.8 Å². The first-order chi connectivity index (χ1) is 16.2. The molecule has 0 radical (unpaired) electrons. The molecule has 34 heavy (non-hydrogen) atoms. The molecule has 1 fully saturated rings. The standard InChI is InChI=1S/C23H19ClF3N5O2/c24-15-4-3-5-16(14-15)28-21(33)19-8-9-20(30-29-19)31-10-12-32(13-11-31)22(34)17-6-1-2-7-18(17)23(25,26)27/h1-9,14H,10-13H2,(H,28,33). The molecule has 2 heterocycles.